The molecule has 2 N–H and O–H groups in total. The smallest absolute Gasteiger partial charge is 0.237 e. The highest BCUT2D eigenvalue weighted by atomic mass is 32.2. The molecule has 0 unspecified atom stereocenters. The van der Waals surface area contributed by atoms with Crippen molar-refractivity contribution in [3.63, 3.8) is 0 Å². The first-order valence-electron chi connectivity index (χ1n) is 9.02. The molecular formula is C20H22N2O5S2. The van der Waals surface area contributed by atoms with Crippen molar-refractivity contribution in [2.75, 3.05) is 18.2 Å². The summed E-state index contributed by atoms with van der Waals surface area (Å²) in [6.07, 6.45) is -0.145. The van der Waals surface area contributed by atoms with E-state index >= 15 is 0 Å². The molecule has 1 heterocycles. The van der Waals surface area contributed by atoms with Crippen LogP contribution in [0.3, 0.4) is 0 Å². The fourth-order valence-electron chi connectivity index (χ4n) is 2.76. The van der Waals surface area contributed by atoms with Crippen LogP contribution in [0.15, 0.2) is 52.3 Å². The molecule has 154 valence electrons. The molecule has 0 spiro atoms. The van der Waals surface area contributed by atoms with E-state index < -0.39 is 9.84 Å². The van der Waals surface area contributed by atoms with Crippen molar-refractivity contribution in [1.29, 1.82) is 0 Å². The highest BCUT2D eigenvalue weighted by Gasteiger charge is 2.25. The summed E-state index contributed by atoms with van der Waals surface area (Å²) in [6.45, 7) is 2.10. The SMILES string of the molecule is COc1ccc(CNC(=O)CCS(=O)(=O)c2ccc3c(c2)NC(=O)[C@H](C)S3)cc1. The number of anilines is 1. The summed E-state index contributed by atoms with van der Waals surface area (Å²) < 4.78 is 30.3. The van der Waals surface area contributed by atoms with Gasteiger partial charge in [-0.15, -0.1) is 11.8 Å². The zero-order chi connectivity index (χ0) is 21.0. The summed E-state index contributed by atoms with van der Waals surface area (Å²) in [5.41, 5.74) is 1.38. The maximum absolute atomic E-state index is 12.6. The van der Waals surface area contributed by atoms with Crippen molar-refractivity contribution in [3.8, 4) is 5.75 Å². The molecule has 0 saturated carbocycles. The van der Waals surface area contributed by atoms with Crippen molar-refractivity contribution in [2.45, 2.75) is 34.9 Å². The molecule has 29 heavy (non-hydrogen) atoms. The lowest BCUT2D eigenvalue weighted by Gasteiger charge is -2.21. The van der Waals surface area contributed by atoms with Gasteiger partial charge in [0.15, 0.2) is 9.84 Å². The van der Waals surface area contributed by atoms with Gasteiger partial charge < -0.3 is 15.4 Å². The van der Waals surface area contributed by atoms with E-state index in [9.17, 15) is 18.0 Å². The monoisotopic (exact) mass is 434 g/mol. The maximum atomic E-state index is 12.6. The lowest BCUT2D eigenvalue weighted by atomic mass is 10.2. The zero-order valence-corrected chi connectivity index (χ0v) is 17.7. The lowest BCUT2D eigenvalue weighted by Crippen LogP contribution is -2.27. The Bertz CT molecular complexity index is 1020. The van der Waals surface area contributed by atoms with Crippen LogP contribution in [-0.4, -0.2) is 38.3 Å². The fourth-order valence-corrected chi connectivity index (χ4v) is 4.95. The number of amides is 2. The standard InChI is InChI=1S/C20H22N2O5S2/c1-13-20(24)22-17-11-16(7-8-18(17)28-13)29(25,26)10-9-19(23)21-12-14-3-5-15(27-2)6-4-14/h3-8,11,13H,9-10,12H2,1-2H3,(H,21,23)(H,22,24)/t13-/m0/s1. The zero-order valence-electron chi connectivity index (χ0n) is 16.1. The average molecular weight is 435 g/mol. The van der Waals surface area contributed by atoms with E-state index in [0.29, 0.717) is 12.2 Å². The quantitative estimate of drug-likeness (QED) is 0.695. The molecule has 2 aromatic rings. The Kier molecular flexibility index (Phi) is 6.49. The summed E-state index contributed by atoms with van der Waals surface area (Å²) in [5, 5.41) is 5.21. The van der Waals surface area contributed by atoms with Gasteiger partial charge in [-0.2, -0.15) is 0 Å². The van der Waals surface area contributed by atoms with Crippen molar-refractivity contribution in [3.05, 3.63) is 48.0 Å². The van der Waals surface area contributed by atoms with Crippen LogP contribution in [0.5, 0.6) is 5.75 Å². The van der Waals surface area contributed by atoms with Crippen LogP contribution in [0, 0.1) is 0 Å². The van der Waals surface area contributed by atoms with Crippen LogP contribution in [0.25, 0.3) is 0 Å². The third-order valence-corrected chi connectivity index (χ3v) is 7.38. The van der Waals surface area contributed by atoms with E-state index in [1.807, 2.05) is 12.1 Å². The first-order valence-corrected chi connectivity index (χ1v) is 11.6. The fraction of sp³-hybridized carbons (Fsp3) is 0.300. The predicted octanol–water partition coefficient (Wildman–Crippen LogP) is 2.61. The number of hydrogen-bond acceptors (Lipinski definition) is 6. The molecule has 9 heteroatoms. The second-order valence-electron chi connectivity index (χ2n) is 6.60. The number of ether oxygens (including phenoxy) is 1. The van der Waals surface area contributed by atoms with Crippen molar-refractivity contribution in [1.82, 2.24) is 5.32 Å². The minimum absolute atomic E-state index is 0.0923. The van der Waals surface area contributed by atoms with Crippen LogP contribution in [-0.2, 0) is 26.0 Å². The van der Waals surface area contributed by atoms with Gasteiger partial charge in [-0.05, 0) is 42.8 Å². The van der Waals surface area contributed by atoms with Crippen molar-refractivity contribution in [2.24, 2.45) is 0 Å². The van der Waals surface area contributed by atoms with Gasteiger partial charge >= 0.3 is 0 Å². The molecule has 1 atom stereocenters. The molecule has 0 aliphatic carbocycles. The van der Waals surface area contributed by atoms with Crippen LogP contribution < -0.4 is 15.4 Å². The molecule has 2 aromatic carbocycles. The summed E-state index contributed by atoms with van der Waals surface area (Å²) in [7, 11) is -2.07. The Morgan fingerprint density at radius 2 is 1.93 bits per heavy atom. The van der Waals surface area contributed by atoms with Crippen LogP contribution >= 0.6 is 11.8 Å². The molecule has 0 bridgehead atoms. The second-order valence-corrected chi connectivity index (χ2v) is 10.1. The summed E-state index contributed by atoms with van der Waals surface area (Å²) in [5.74, 6) is -0.0900. The Morgan fingerprint density at radius 3 is 2.62 bits per heavy atom. The second kappa shape index (κ2) is 8.87. The molecule has 1 aliphatic heterocycles. The number of hydrogen-bond donors (Lipinski definition) is 2. The molecule has 3 rings (SSSR count). The number of rotatable bonds is 7. The number of nitrogens with one attached hydrogen (secondary N) is 2. The molecular weight excluding hydrogens is 412 g/mol. The number of carbonyl (C=O) groups is 2. The third kappa shape index (κ3) is 5.30. The molecule has 7 nitrogen and oxygen atoms in total. The normalized spacial score (nSPS) is 15.9. The number of benzene rings is 2. The van der Waals surface area contributed by atoms with Crippen LogP contribution in [0.4, 0.5) is 5.69 Å². The minimum Gasteiger partial charge on any atom is -0.497 e. The average Bonchev–Trinajstić information content (AvgIpc) is 2.71. The summed E-state index contributed by atoms with van der Waals surface area (Å²) >= 11 is 1.39. The van der Waals surface area contributed by atoms with E-state index in [1.54, 1.807) is 32.2 Å². The van der Waals surface area contributed by atoms with Gasteiger partial charge in [-0.1, -0.05) is 12.1 Å². The summed E-state index contributed by atoms with van der Waals surface area (Å²) in [6, 6.07) is 11.9. The largest absolute Gasteiger partial charge is 0.497 e. The maximum Gasteiger partial charge on any atom is 0.237 e. The number of methoxy groups -OCH3 is 1. The molecule has 1 aliphatic rings. The van der Waals surface area contributed by atoms with E-state index in [4.69, 9.17) is 4.74 Å². The number of carbonyl (C=O) groups excluding carboxylic acids is 2. The highest BCUT2D eigenvalue weighted by molar-refractivity contribution is 8.01. The van der Waals surface area contributed by atoms with E-state index in [2.05, 4.69) is 10.6 Å². The Hall–Kier alpha value is -2.52. The minimum atomic E-state index is -3.65. The van der Waals surface area contributed by atoms with E-state index in [0.717, 1.165) is 16.2 Å². The topological polar surface area (TPSA) is 102 Å². The highest BCUT2D eigenvalue weighted by Crippen LogP contribution is 2.36. The lowest BCUT2D eigenvalue weighted by molar-refractivity contribution is -0.121. The molecule has 0 saturated heterocycles. The van der Waals surface area contributed by atoms with Gasteiger partial charge in [0.25, 0.3) is 0 Å². The third-order valence-electron chi connectivity index (χ3n) is 4.49. The van der Waals surface area contributed by atoms with Crippen LogP contribution in [0.1, 0.15) is 18.9 Å². The van der Waals surface area contributed by atoms with E-state index in [-0.39, 0.29) is 34.1 Å². The van der Waals surface area contributed by atoms with E-state index in [1.165, 1.54) is 23.9 Å². The van der Waals surface area contributed by atoms with Gasteiger partial charge in [0, 0.05) is 17.9 Å². The Balaban J connectivity index is 1.57. The van der Waals surface area contributed by atoms with Crippen molar-refractivity contribution >= 4 is 39.1 Å². The first-order chi connectivity index (χ1) is 13.8. The van der Waals surface area contributed by atoms with Crippen molar-refractivity contribution < 1.29 is 22.7 Å². The number of thioether (sulfide) groups is 1. The van der Waals surface area contributed by atoms with Crippen LogP contribution in [0.2, 0.25) is 0 Å². The molecule has 0 aromatic heterocycles. The number of sulfone groups is 1. The predicted molar refractivity (Wildman–Crippen MR) is 112 cm³/mol. The Morgan fingerprint density at radius 1 is 1.21 bits per heavy atom. The molecule has 0 fully saturated rings. The van der Waals surface area contributed by atoms with Gasteiger partial charge in [-0.25, -0.2) is 8.42 Å². The molecule has 2 amide bonds. The first kappa shape index (κ1) is 21.2. The van der Waals surface area contributed by atoms with Gasteiger partial charge in [-0.3, -0.25) is 9.59 Å². The van der Waals surface area contributed by atoms with Gasteiger partial charge in [0.05, 0.1) is 28.7 Å². The summed E-state index contributed by atoms with van der Waals surface area (Å²) in [4.78, 5) is 24.8. The number of fused-ring (bicyclic) bond motifs is 1. The van der Waals surface area contributed by atoms with Gasteiger partial charge in [0.2, 0.25) is 11.8 Å². The van der Waals surface area contributed by atoms with Gasteiger partial charge in [0.1, 0.15) is 5.75 Å². The Labute approximate surface area is 174 Å². The molecule has 0 radical (unpaired) electrons.